The molecule has 0 radical (unpaired) electrons. The molecule has 0 saturated carbocycles. The van der Waals surface area contributed by atoms with E-state index in [9.17, 15) is 4.79 Å². The summed E-state index contributed by atoms with van der Waals surface area (Å²) in [5, 5.41) is 5.26. The molecule has 5 rings (SSSR count). The maximum absolute atomic E-state index is 12.7. The van der Waals surface area contributed by atoms with E-state index in [0.717, 1.165) is 54.6 Å². The van der Waals surface area contributed by atoms with Gasteiger partial charge in [0.25, 0.3) is 5.91 Å². The molecule has 2 aliphatic rings. The van der Waals surface area contributed by atoms with E-state index < -0.39 is 0 Å². The smallest absolute Gasteiger partial charge is 0.259 e. The van der Waals surface area contributed by atoms with E-state index in [1.54, 1.807) is 12.3 Å². The summed E-state index contributed by atoms with van der Waals surface area (Å²) in [7, 11) is 0. The number of ether oxygens (including phenoxy) is 1. The lowest BCUT2D eigenvalue weighted by Crippen LogP contribution is -2.36. The molecule has 0 atom stereocenters. The number of fused-ring (bicyclic) bond motifs is 1. The molecule has 4 heterocycles. The molecule has 1 aromatic carbocycles. The lowest BCUT2D eigenvalue weighted by Gasteiger charge is -2.28. The van der Waals surface area contributed by atoms with Crippen molar-refractivity contribution < 1.29 is 9.53 Å². The number of nitrogens with zero attached hydrogens (tertiary/aromatic N) is 4. The average Bonchev–Trinajstić information content (AvgIpc) is 3.44. The predicted molar refractivity (Wildman–Crippen MR) is 114 cm³/mol. The molecule has 0 spiro atoms. The van der Waals surface area contributed by atoms with Gasteiger partial charge in [0.2, 0.25) is 0 Å². The van der Waals surface area contributed by atoms with E-state index in [1.165, 1.54) is 11.3 Å². The summed E-state index contributed by atoms with van der Waals surface area (Å²) in [6, 6.07) is 9.78. The van der Waals surface area contributed by atoms with Gasteiger partial charge >= 0.3 is 0 Å². The number of hydrogen-bond acceptors (Lipinski definition) is 7. The van der Waals surface area contributed by atoms with E-state index in [-0.39, 0.29) is 5.91 Å². The number of carbonyl (C=O) groups is 1. The first-order chi connectivity index (χ1) is 14.3. The van der Waals surface area contributed by atoms with Gasteiger partial charge in [0, 0.05) is 42.8 Å². The van der Waals surface area contributed by atoms with Crippen molar-refractivity contribution in [2.45, 2.75) is 6.42 Å². The maximum atomic E-state index is 12.7. The predicted octanol–water partition coefficient (Wildman–Crippen LogP) is 3.30. The Bertz CT molecular complexity index is 1070. The molecule has 146 valence electrons. The monoisotopic (exact) mass is 405 g/mol. The van der Waals surface area contributed by atoms with Crippen molar-refractivity contribution in [3.63, 3.8) is 0 Å². The number of nitrogens with one attached hydrogen (secondary N) is 1. The number of amides is 1. The molecule has 3 aromatic rings. The van der Waals surface area contributed by atoms with Crippen LogP contribution in [0.3, 0.4) is 0 Å². The van der Waals surface area contributed by atoms with Gasteiger partial charge in [-0.05, 0) is 23.8 Å². The molecule has 0 bridgehead atoms. The Morgan fingerprint density at radius 3 is 2.86 bits per heavy atom. The lowest BCUT2D eigenvalue weighted by atomic mass is 10.0. The van der Waals surface area contributed by atoms with Gasteiger partial charge < -0.3 is 9.64 Å². The Hall–Kier alpha value is -3.10. The van der Waals surface area contributed by atoms with Crippen molar-refractivity contribution in [2.24, 2.45) is 4.99 Å². The van der Waals surface area contributed by atoms with Crippen molar-refractivity contribution in [3.8, 4) is 0 Å². The van der Waals surface area contributed by atoms with Gasteiger partial charge in [-0.1, -0.05) is 12.1 Å². The summed E-state index contributed by atoms with van der Waals surface area (Å²) < 4.78 is 5.43. The average molecular weight is 405 g/mol. The van der Waals surface area contributed by atoms with Crippen LogP contribution >= 0.6 is 11.3 Å². The molecule has 0 unspecified atom stereocenters. The Kier molecular flexibility index (Phi) is 4.79. The first kappa shape index (κ1) is 18.0. The number of anilines is 2. The molecule has 1 amide bonds. The van der Waals surface area contributed by atoms with E-state index >= 15 is 0 Å². The van der Waals surface area contributed by atoms with Gasteiger partial charge in [0.05, 0.1) is 30.2 Å². The quantitative estimate of drug-likeness (QED) is 0.720. The van der Waals surface area contributed by atoms with Crippen LogP contribution in [0.15, 0.2) is 53.1 Å². The number of carbonyl (C=O) groups excluding carboxylic acids is 1. The number of rotatable bonds is 4. The highest BCUT2D eigenvalue weighted by Gasteiger charge is 2.23. The number of para-hydroxylation sites is 1. The van der Waals surface area contributed by atoms with Crippen LogP contribution in [0.4, 0.5) is 16.6 Å². The van der Waals surface area contributed by atoms with Gasteiger partial charge in [-0.3, -0.25) is 15.1 Å². The second-order valence-electron chi connectivity index (χ2n) is 6.84. The zero-order valence-corrected chi connectivity index (χ0v) is 16.5. The van der Waals surface area contributed by atoms with Crippen LogP contribution in [0.25, 0.3) is 0 Å². The van der Waals surface area contributed by atoms with Crippen LogP contribution in [0.5, 0.6) is 0 Å². The van der Waals surface area contributed by atoms with Crippen molar-refractivity contribution in [2.75, 3.05) is 36.5 Å². The molecule has 2 aliphatic heterocycles. The normalized spacial score (nSPS) is 15.7. The molecular formula is C21H19N5O2S. The number of pyridine rings is 1. The Labute approximate surface area is 172 Å². The van der Waals surface area contributed by atoms with Crippen LogP contribution < -0.4 is 10.2 Å². The van der Waals surface area contributed by atoms with Gasteiger partial charge in [-0.25, -0.2) is 9.97 Å². The zero-order valence-electron chi connectivity index (χ0n) is 15.7. The summed E-state index contributed by atoms with van der Waals surface area (Å²) in [4.78, 5) is 28.4. The third kappa shape index (κ3) is 3.64. The van der Waals surface area contributed by atoms with Gasteiger partial charge in [-0.15, -0.1) is 11.3 Å². The third-order valence-electron chi connectivity index (χ3n) is 5.04. The fourth-order valence-electron chi connectivity index (χ4n) is 3.58. The van der Waals surface area contributed by atoms with Crippen molar-refractivity contribution in [3.05, 3.63) is 64.8 Å². The van der Waals surface area contributed by atoms with Crippen LogP contribution in [-0.4, -0.2) is 47.9 Å². The highest BCUT2D eigenvalue weighted by molar-refractivity contribution is 7.13. The SMILES string of the molecule is O=C(Nc1nccs1)c1cccc2c1N=C(c1ccnc(N3CCOCC3)c1)C2. The number of hydrogen-bond donors (Lipinski definition) is 1. The number of aromatic nitrogens is 2. The number of thiazole rings is 1. The van der Waals surface area contributed by atoms with Crippen LogP contribution in [0, 0.1) is 0 Å². The lowest BCUT2D eigenvalue weighted by molar-refractivity contribution is 0.102. The highest BCUT2D eigenvalue weighted by Crippen LogP contribution is 2.33. The van der Waals surface area contributed by atoms with Crippen molar-refractivity contribution in [1.82, 2.24) is 9.97 Å². The van der Waals surface area contributed by atoms with Gasteiger partial charge in [0.15, 0.2) is 5.13 Å². The van der Waals surface area contributed by atoms with Crippen molar-refractivity contribution in [1.29, 1.82) is 0 Å². The van der Waals surface area contributed by atoms with Crippen molar-refractivity contribution >= 4 is 39.6 Å². The first-order valence-corrected chi connectivity index (χ1v) is 10.4. The standard InChI is InChI=1S/C21H19N5O2S/c27-20(25-21-23-6-11-29-21)16-3-1-2-15-12-17(24-19(15)16)14-4-5-22-18(13-14)26-7-9-28-10-8-26/h1-6,11,13H,7-10,12H2,(H,23,25,27). The Morgan fingerprint density at radius 1 is 1.14 bits per heavy atom. The minimum Gasteiger partial charge on any atom is -0.378 e. The first-order valence-electron chi connectivity index (χ1n) is 9.47. The fraction of sp³-hybridized carbons (Fsp3) is 0.238. The molecule has 2 aromatic heterocycles. The fourth-order valence-corrected chi connectivity index (χ4v) is 4.11. The molecule has 29 heavy (non-hydrogen) atoms. The molecule has 1 N–H and O–H groups in total. The van der Waals surface area contributed by atoms with Crippen LogP contribution in [0.2, 0.25) is 0 Å². The Morgan fingerprint density at radius 2 is 2.03 bits per heavy atom. The number of aliphatic imine (C=N–C) groups is 1. The number of benzene rings is 1. The van der Waals surface area contributed by atoms with E-state index in [1.807, 2.05) is 29.8 Å². The highest BCUT2D eigenvalue weighted by atomic mass is 32.1. The summed E-state index contributed by atoms with van der Waals surface area (Å²) in [6.07, 6.45) is 4.18. The summed E-state index contributed by atoms with van der Waals surface area (Å²) in [6.45, 7) is 3.11. The van der Waals surface area contributed by atoms with Crippen LogP contribution in [-0.2, 0) is 11.2 Å². The second kappa shape index (κ2) is 7.73. The Balaban J connectivity index is 1.43. The third-order valence-corrected chi connectivity index (χ3v) is 5.72. The molecular weight excluding hydrogens is 386 g/mol. The molecule has 1 saturated heterocycles. The second-order valence-corrected chi connectivity index (χ2v) is 7.74. The zero-order chi connectivity index (χ0) is 19.6. The van der Waals surface area contributed by atoms with E-state index in [2.05, 4.69) is 26.3 Å². The van der Waals surface area contributed by atoms with Gasteiger partial charge in [0.1, 0.15) is 5.82 Å². The number of morpholine rings is 1. The van der Waals surface area contributed by atoms with E-state index in [0.29, 0.717) is 17.1 Å². The van der Waals surface area contributed by atoms with Crippen LogP contribution in [0.1, 0.15) is 21.5 Å². The molecule has 0 aliphatic carbocycles. The topological polar surface area (TPSA) is 79.7 Å². The van der Waals surface area contributed by atoms with E-state index in [4.69, 9.17) is 9.73 Å². The minimum absolute atomic E-state index is 0.189. The summed E-state index contributed by atoms with van der Waals surface area (Å²) in [5.41, 5.74) is 4.34. The maximum Gasteiger partial charge on any atom is 0.259 e. The van der Waals surface area contributed by atoms with Gasteiger partial charge in [-0.2, -0.15) is 0 Å². The minimum atomic E-state index is -0.189. The largest absolute Gasteiger partial charge is 0.378 e. The summed E-state index contributed by atoms with van der Waals surface area (Å²) >= 11 is 1.39. The molecule has 8 heteroatoms. The molecule has 7 nitrogen and oxygen atoms in total. The summed E-state index contributed by atoms with van der Waals surface area (Å²) in [5.74, 6) is 0.747. The molecule has 1 fully saturated rings.